The van der Waals surface area contributed by atoms with Crippen molar-refractivity contribution in [2.45, 2.75) is 58.2 Å². The number of hydrogen-bond acceptors (Lipinski definition) is 6. The number of nitrogens with two attached hydrogens (primary N) is 1. The second-order valence-corrected chi connectivity index (χ2v) is 8.85. The summed E-state index contributed by atoms with van der Waals surface area (Å²) in [6, 6.07) is 8.81. The van der Waals surface area contributed by atoms with Gasteiger partial charge in [-0.05, 0) is 64.3 Å². The molecule has 4 N–H and O–H groups in total. The van der Waals surface area contributed by atoms with Crippen molar-refractivity contribution in [3.05, 3.63) is 41.5 Å². The van der Waals surface area contributed by atoms with Gasteiger partial charge in [0, 0.05) is 30.1 Å². The normalized spacial score (nSPS) is 18.2. The van der Waals surface area contributed by atoms with Crippen molar-refractivity contribution >= 4 is 11.9 Å². The zero-order chi connectivity index (χ0) is 22.1. The van der Waals surface area contributed by atoms with Crippen LogP contribution in [-0.4, -0.2) is 44.9 Å². The number of phenolic OH excluding ortho intramolecular Hbond substituents is 1. The van der Waals surface area contributed by atoms with Gasteiger partial charge >= 0.3 is 6.09 Å². The maximum absolute atomic E-state index is 12.6. The standard InChI is InChI=1S/C23H31N3O4/c1-14(27)20-17(12-18(25-21(20)24)16-9-5-6-10-19(16)28)15-8-7-11-26(13-15)22(29)30-23(2,3)4/h5-6,9-10,12,14-15,27-28H,7-8,11,13H2,1-4H3,(H2,24,25). The van der Waals surface area contributed by atoms with Crippen molar-refractivity contribution in [3.63, 3.8) is 0 Å². The van der Waals surface area contributed by atoms with E-state index in [2.05, 4.69) is 4.98 Å². The summed E-state index contributed by atoms with van der Waals surface area (Å²) in [5.74, 6) is 0.320. The predicted molar refractivity (Wildman–Crippen MR) is 116 cm³/mol. The monoisotopic (exact) mass is 413 g/mol. The van der Waals surface area contributed by atoms with Crippen molar-refractivity contribution in [3.8, 4) is 17.0 Å². The van der Waals surface area contributed by atoms with Crippen molar-refractivity contribution < 1.29 is 19.7 Å². The molecule has 2 aromatic rings. The van der Waals surface area contributed by atoms with E-state index in [1.54, 1.807) is 30.0 Å². The van der Waals surface area contributed by atoms with Crippen molar-refractivity contribution in [1.29, 1.82) is 0 Å². The number of benzene rings is 1. The number of aromatic nitrogens is 1. The number of phenols is 1. The Labute approximate surface area is 177 Å². The third-order valence-electron chi connectivity index (χ3n) is 5.23. The zero-order valence-electron chi connectivity index (χ0n) is 18.1. The lowest BCUT2D eigenvalue weighted by molar-refractivity contribution is 0.0197. The lowest BCUT2D eigenvalue weighted by Gasteiger charge is -2.35. The van der Waals surface area contributed by atoms with Gasteiger partial charge in [-0.3, -0.25) is 0 Å². The van der Waals surface area contributed by atoms with Crippen LogP contribution in [-0.2, 0) is 4.74 Å². The van der Waals surface area contributed by atoms with E-state index >= 15 is 0 Å². The number of hydrogen-bond donors (Lipinski definition) is 3. The lowest BCUT2D eigenvalue weighted by Crippen LogP contribution is -2.42. The number of pyridine rings is 1. The first-order valence-electron chi connectivity index (χ1n) is 10.3. The summed E-state index contributed by atoms with van der Waals surface area (Å²) in [5, 5.41) is 20.6. The average molecular weight is 414 g/mol. The number of carbonyl (C=O) groups excluding carboxylic acids is 1. The fraction of sp³-hybridized carbons (Fsp3) is 0.478. The molecule has 1 saturated heterocycles. The Morgan fingerprint density at radius 2 is 2.03 bits per heavy atom. The molecule has 162 valence electrons. The first-order chi connectivity index (χ1) is 14.1. The molecule has 1 fully saturated rings. The summed E-state index contributed by atoms with van der Waals surface area (Å²) in [6.07, 6.45) is 0.525. The Morgan fingerprint density at radius 1 is 1.33 bits per heavy atom. The van der Waals surface area contributed by atoms with E-state index in [4.69, 9.17) is 10.5 Å². The SMILES string of the molecule is CC(O)c1c(C2CCCN(C(=O)OC(C)(C)C)C2)cc(-c2ccccc2O)nc1N. The summed E-state index contributed by atoms with van der Waals surface area (Å²) >= 11 is 0. The second kappa shape index (κ2) is 8.52. The largest absolute Gasteiger partial charge is 0.507 e. The van der Waals surface area contributed by atoms with Crippen LogP contribution in [0, 0.1) is 0 Å². The molecular formula is C23H31N3O4. The number of nitrogens with zero attached hydrogens (tertiary/aromatic N) is 2. The van der Waals surface area contributed by atoms with E-state index in [0.29, 0.717) is 29.9 Å². The number of para-hydroxylation sites is 1. The Bertz CT molecular complexity index is 921. The van der Waals surface area contributed by atoms with E-state index in [1.165, 1.54) is 0 Å². The van der Waals surface area contributed by atoms with Gasteiger partial charge in [0.05, 0.1) is 11.8 Å². The maximum atomic E-state index is 12.6. The third-order valence-corrected chi connectivity index (χ3v) is 5.23. The van der Waals surface area contributed by atoms with E-state index < -0.39 is 11.7 Å². The Kier molecular flexibility index (Phi) is 6.22. The summed E-state index contributed by atoms with van der Waals surface area (Å²) in [7, 11) is 0. The van der Waals surface area contributed by atoms with Crippen LogP contribution in [0.3, 0.4) is 0 Å². The van der Waals surface area contributed by atoms with Crippen LogP contribution in [0.1, 0.15) is 63.7 Å². The van der Waals surface area contributed by atoms with Crippen molar-refractivity contribution in [2.24, 2.45) is 0 Å². The molecule has 7 nitrogen and oxygen atoms in total. The van der Waals surface area contributed by atoms with E-state index in [0.717, 1.165) is 18.4 Å². The summed E-state index contributed by atoms with van der Waals surface area (Å²) in [4.78, 5) is 18.7. The number of aromatic hydroxyl groups is 1. The molecule has 0 spiro atoms. The number of nitrogen functional groups attached to an aromatic ring is 1. The molecule has 7 heteroatoms. The lowest BCUT2D eigenvalue weighted by atomic mass is 9.85. The average Bonchev–Trinajstić information content (AvgIpc) is 2.66. The number of rotatable bonds is 3. The first kappa shape index (κ1) is 21.9. The topological polar surface area (TPSA) is 109 Å². The van der Waals surface area contributed by atoms with Crippen LogP contribution in [0.25, 0.3) is 11.3 Å². The molecule has 1 amide bonds. The van der Waals surface area contributed by atoms with Crippen LogP contribution in [0.15, 0.2) is 30.3 Å². The predicted octanol–water partition coefficient (Wildman–Crippen LogP) is 4.20. The van der Waals surface area contributed by atoms with Crippen LogP contribution in [0.2, 0.25) is 0 Å². The highest BCUT2D eigenvalue weighted by molar-refractivity contribution is 5.71. The van der Waals surface area contributed by atoms with Gasteiger partial charge in [-0.25, -0.2) is 9.78 Å². The van der Waals surface area contributed by atoms with Gasteiger partial charge in [-0.15, -0.1) is 0 Å². The van der Waals surface area contributed by atoms with Crippen LogP contribution >= 0.6 is 0 Å². The summed E-state index contributed by atoms with van der Waals surface area (Å²) < 4.78 is 5.54. The fourth-order valence-corrected chi connectivity index (χ4v) is 3.94. The number of ether oxygens (including phenoxy) is 1. The highest BCUT2D eigenvalue weighted by Gasteiger charge is 2.31. The molecule has 0 bridgehead atoms. The molecule has 2 heterocycles. The number of amides is 1. The highest BCUT2D eigenvalue weighted by Crippen LogP contribution is 2.38. The molecular weight excluding hydrogens is 382 g/mol. The van der Waals surface area contributed by atoms with E-state index in [-0.39, 0.29) is 23.6 Å². The molecule has 2 atom stereocenters. The molecule has 0 radical (unpaired) electrons. The molecule has 1 aromatic carbocycles. The molecule has 0 saturated carbocycles. The van der Waals surface area contributed by atoms with Gasteiger partial charge in [0.25, 0.3) is 0 Å². The van der Waals surface area contributed by atoms with Crippen molar-refractivity contribution in [1.82, 2.24) is 9.88 Å². The Balaban J connectivity index is 1.99. The number of anilines is 1. The third kappa shape index (κ3) is 4.84. The Morgan fingerprint density at radius 3 is 2.67 bits per heavy atom. The number of likely N-dealkylation sites (tertiary alicyclic amines) is 1. The minimum absolute atomic E-state index is 0.0224. The van der Waals surface area contributed by atoms with Gasteiger partial charge in [-0.2, -0.15) is 0 Å². The van der Waals surface area contributed by atoms with Crippen LogP contribution in [0.5, 0.6) is 5.75 Å². The second-order valence-electron chi connectivity index (χ2n) is 8.85. The first-order valence-corrected chi connectivity index (χ1v) is 10.3. The minimum Gasteiger partial charge on any atom is -0.507 e. The molecule has 30 heavy (non-hydrogen) atoms. The van der Waals surface area contributed by atoms with Crippen LogP contribution in [0.4, 0.5) is 10.6 Å². The van der Waals surface area contributed by atoms with Gasteiger partial charge in [0.15, 0.2) is 0 Å². The number of aliphatic hydroxyl groups excluding tert-OH is 1. The summed E-state index contributed by atoms with van der Waals surface area (Å²) in [6.45, 7) is 8.30. The van der Waals surface area contributed by atoms with Gasteiger partial charge in [-0.1, -0.05) is 12.1 Å². The fourth-order valence-electron chi connectivity index (χ4n) is 3.94. The molecule has 1 aliphatic heterocycles. The van der Waals surface area contributed by atoms with Gasteiger partial charge in [0.1, 0.15) is 17.2 Å². The number of piperidine rings is 1. The molecule has 0 aliphatic carbocycles. The molecule has 2 unspecified atom stereocenters. The smallest absolute Gasteiger partial charge is 0.410 e. The minimum atomic E-state index is -0.803. The number of aliphatic hydroxyl groups is 1. The maximum Gasteiger partial charge on any atom is 0.410 e. The zero-order valence-corrected chi connectivity index (χ0v) is 18.1. The summed E-state index contributed by atoms with van der Waals surface area (Å²) in [5.41, 5.74) is 8.21. The van der Waals surface area contributed by atoms with E-state index in [9.17, 15) is 15.0 Å². The highest BCUT2D eigenvalue weighted by atomic mass is 16.6. The molecule has 3 rings (SSSR count). The quantitative estimate of drug-likeness (QED) is 0.696. The number of carbonyl (C=O) groups is 1. The van der Waals surface area contributed by atoms with Crippen molar-refractivity contribution in [2.75, 3.05) is 18.8 Å². The van der Waals surface area contributed by atoms with E-state index in [1.807, 2.05) is 32.9 Å². The Hall–Kier alpha value is -2.80. The molecule has 1 aliphatic rings. The van der Waals surface area contributed by atoms with Crippen LogP contribution < -0.4 is 5.73 Å². The van der Waals surface area contributed by atoms with Gasteiger partial charge in [0.2, 0.25) is 0 Å². The van der Waals surface area contributed by atoms with Gasteiger partial charge < -0.3 is 25.6 Å². The molecule has 1 aromatic heterocycles.